The fourth-order valence-electron chi connectivity index (χ4n) is 3.85. The van der Waals surface area contributed by atoms with E-state index in [9.17, 15) is 0 Å². The van der Waals surface area contributed by atoms with Crippen LogP contribution in [0.5, 0.6) is 0 Å². The second-order valence-electron chi connectivity index (χ2n) is 6.34. The maximum absolute atomic E-state index is 3.52. The molecule has 0 heterocycles. The van der Waals surface area contributed by atoms with Crippen molar-refractivity contribution in [3.8, 4) is 0 Å². The number of nitrogens with one attached hydrogen (secondary N) is 1. The van der Waals surface area contributed by atoms with Gasteiger partial charge in [0, 0.05) is 6.04 Å². The molecule has 0 aromatic heterocycles. The van der Waals surface area contributed by atoms with E-state index < -0.39 is 0 Å². The normalized spacial score (nSPS) is 18.4. The van der Waals surface area contributed by atoms with E-state index in [1.54, 1.807) is 5.56 Å². The summed E-state index contributed by atoms with van der Waals surface area (Å²) in [6.07, 6.45) is 9.53. The van der Waals surface area contributed by atoms with Gasteiger partial charge < -0.3 is 5.32 Å². The molecule has 1 unspecified atom stereocenters. The third-order valence-corrected chi connectivity index (χ3v) is 5.20. The quantitative estimate of drug-likeness (QED) is 0.728. The van der Waals surface area contributed by atoms with Gasteiger partial charge in [-0.15, -0.1) is 0 Å². The Balaban J connectivity index is 2.09. The number of hydrogen-bond acceptors (Lipinski definition) is 1. The Morgan fingerprint density at radius 3 is 2.10 bits per heavy atom. The predicted octanol–water partition coefficient (Wildman–Crippen LogP) is 5.43. The molecule has 112 valence electrons. The Labute approximate surface area is 125 Å². The first kappa shape index (κ1) is 15.6. The van der Waals surface area contributed by atoms with Crippen molar-refractivity contribution >= 4 is 0 Å². The van der Waals surface area contributed by atoms with Crippen molar-refractivity contribution in [2.45, 2.75) is 70.8 Å². The topological polar surface area (TPSA) is 12.0 Å². The lowest BCUT2D eigenvalue weighted by molar-refractivity contribution is 0.359. The first-order valence-corrected chi connectivity index (χ1v) is 8.57. The van der Waals surface area contributed by atoms with Crippen molar-refractivity contribution in [2.24, 2.45) is 5.92 Å². The van der Waals surface area contributed by atoms with Crippen LogP contribution in [0.3, 0.4) is 0 Å². The molecule has 0 saturated heterocycles. The van der Waals surface area contributed by atoms with E-state index in [1.807, 2.05) is 0 Å². The Morgan fingerprint density at radius 2 is 1.60 bits per heavy atom. The molecular formula is C19H31N. The molecule has 1 nitrogen and oxygen atoms in total. The van der Waals surface area contributed by atoms with E-state index in [2.05, 4.69) is 50.5 Å². The van der Waals surface area contributed by atoms with Crippen LogP contribution in [0.1, 0.15) is 81.9 Å². The summed E-state index contributed by atoms with van der Waals surface area (Å²) in [5.74, 6) is 1.56. The number of rotatable bonds is 6. The molecule has 0 spiro atoms. The van der Waals surface area contributed by atoms with Gasteiger partial charge in [0.05, 0.1) is 0 Å². The van der Waals surface area contributed by atoms with Gasteiger partial charge >= 0.3 is 0 Å². The Bertz CT molecular complexity index is 371. The Morgan fingerprint density at radius 1 is 1.00 bits per heavy atom. The minimum atomic E-state index is 0.505. The van der Waals surface area contributed by atoms with Gasteiger partial charge in [-0.2, -0.15) is 0 Å². The summed E-state index contributed by atoms with van der Waals surface area (Å²) in [6, 6.07) is 10.0. The highest BCUT2D eigenvalue weighted by atomic mass is 14.9. The van der Waals surface area contributed by atoms with E-state index in [0.717, 1.165) is 11.8 Å². The average molecular weight is 273 g/mol. The van der Waals surface area contributed by atoms with Crippen LogP contribution in [0.2, 0.25) is 0 Å². The monoisotopic (exact) mass is 273 g/mol. The molecule has 1 fully saturated rings. The number of hydrogen-bond donors (Lipinski definition) is 1. The molecule has 1 aromatic rings. The third kappa shape index (κ3) is 3.63. The van der Waals surface area contributed by atoms with Crippen molar-refractivity contribution in [3.63, 3.8) is 0 Å². The van der Waals surface area contributed by atoms with E-state index >= 15 is 0 Å². The lowest BCUT2D eigenvalue weighted by Gasteiger charge is -2.26. The van der Waals surface area contributed by atoms with Crippen LogP contribution in [0.15, 0.2) is 24.3 Å². The van der Waals surface area contributed by atoms with Crippen molar-refractivity contribution < 1.29 is 0 Å². The second kappa shape index (κ2) is 7.83. The lowest BCUT2D eigenvalue weighted by atomic mass is 9.82. The van der Waals surface area contributed by atoms with Crippen LogP contribution >= 0.6 is 0 Å². The predicted molar refractivity (Wildman–Crippen MR) is 88.1 cm³/mol. The maximum atomic E-state index is 3.52. The van der Waals surface area contributed by atoms with Gasteiger partial charge in [-0.1, -0.05) is 70.2 Å². The molecule has 0 bridgehead atoms. The fraction of sp³-hybridized carbons (Fsp3) is 0.684. The molecule has 1 heteroatoms. The van der Waals surface area contributed by atoms with Gasteiger partial charge in [-0.25, -0.2) is 0 Å². The minimum absolute atomic E-state index is 0.505. The zero-order chi connectivity index (χ0) is 14.4. The summed E-state index contributed by atoms with van der Waals surface area (Å²) in [7, 11) is 2.10. The molecule has 20 heavy (non-hydrogen) atoms. The van der Waals surface area contributed by atoms with Crippen molar-refractivity contribution in [3.05, 3.63) is 35.4 Å². The molecule has 0 aliphatic heterocycles. The first-order valence-electron chi connectivity index (χ1n) is 8.57. The molecular weight excluding hydrogens is 242 g/mol. The summed E-state index contributed by atoms with van der Waals surface area (Å²) in [4.78, 5) is 0. The van der Waals surface area contributed by atoms with Crippen LogP contribution in [0.4, 0.5) is 0 Å². The summed E-state index contributed by atoms with van der Waals surface area (Å²) < 4.78 is 0. The van der Waals surface area contributed by atoms with Crippen LogP contribution < -0.4 is 5.32 Å². The smallest absolute Gasteiger partial charge is 0.0345 e. The summed E-state index contributed by atoms with van der Waals surface area (Å²) in [5.41, 5.74) is 3.02. The van der Waals surface area contributed by atoms with Gasteiger partial charge in [-0.05, 0) is 42.9 Å². The zero-order valence-electron chi connectivity index (χ0n) is 13.5. The zero-order valence-corrected chi connectivity index (χ0v) is 13.5. The molecule has 0 amide bonds. The van der Waals surface area contributed by atoms with Gasteiger partial charge in [0.1, 0.15) is 0 Å². The summed E-state index contributed by atoms with van der Waals surface area (Å²) in [6.45, 7) is 4.60. The highest BCUT2D eigenvalue weighted by Gasteiger charge is 2.20. The molecule has 1 aliphatic rings. The molecule has 1 N–H and O–H groups in total. The van der Waals surface area contributed by atoms with Crippen LogP contribution in [-0.2, 0) is 0 Å². The largest absolute Gasteiger partial charge is 0.313 e. The number of benzene rings is 1. The Kier molecular flexibility index (Phi) is 6.09. The van der Waals surface area contributed by atoms with Gasteiger partial charge in [-0.3, -0.25) is 0 Å². The van der Waals surface area contributed by atoms with Crippen LogP contribution in [-0.4, -0.2) is 7.05 Å². The standard InChI is InChI=1S/C19H31N/c1-4-15(5-2)19(20-3)18-13-11-17(12-14-18)16-9-7-6-8-10-16/h11-16,19-20H,4-10H2,1-3H3. The molecule has 1 saturated carbocycles. The van der Waals surface area contributed by atoms with Crippen molar-refractivity contribution in [1.29, 1.82) is 0 Å². The van der Waals surface area contributed by atoms with Crippen LogP contribution in [0, 0.1) is 5.92 Å². The molecule has 1 aromatic carbocycles. The first-order chi connectivity index (χ1) is 9.80. The van der Waals surface area contributed by atoms with Crippen molar-refractivity contribution in [2.75, 3.05) is 7.05 Å². The highest BCUT2D eigenvalue weighted by Crippen LogP contribution is 2.34. The fourth-order valence-corrected chi connectivity index (χ4v) is 3.85. The Hall–Kier alpha value is -0.820. The van der Waals surface area contributed by atoms with E-state index in [1.165, 1.54) is 50.5 Å². The average Bonchev–Trinajstić information content (AvgIpc) is 2.53. The summed E-state index contributed by atoms with van der Waals surface area (Å²) >= 11 is 0. The SMILES string of the molecule is CCC(CC)C(NC)c1ccc(C2CCCCC2)cc1. The van der Waals surface area contributed by atoms with E-state index in [-0.39, 0.29) is 0 Å². The highest BCUT2D eigenvalue weighted by molar-refractivity contribution is 5.28. The summed E-state index contributed by atoms with van der Waals surface area (Å²) in [5, 5.41) is 3.52. The maximum Gasteiger partial charge on any atom is 0.0345 e. The molecule has 0 radical (unpaired) electrons. The lowest BCUT2D eigenvalue weighted by Crippen LogP contribution is -2.24. The third-order valence-electron chi connectivity index (χ3n) is 5.20. The molecule has 2 rings (SSSR count). The van der Waals surface area contributed by atoms with Gasteiger partial charge in [0.25, 0.3) is 0 Å². The van der Waals surface area contributed by atoms with Crippen molar-refractivity contribution in [1.82, 2.24) is 5.32 Å². The molecule has 1 atom stereocenters. The minimum Gasteiger partial charge on any atom is -0.313 e. The molecule has 1 aliphatic carbocycles. The van der Waals surface area contributed by atoms with Crippen LogP contribution in [0.25, 0.3) is 0 Å². The van der Waals surface area contributed by atoms with E-state index in [0.29, 0.717) is 6.04 Å². The van der Waals surface area contributed by atoms with E-state index in [4.69, 9.17) is 0 Å². The van der Waals surface area contributed by atoms with Gasteiger partial charge in [0.15, 0.2) is 0 Å². The second-order valence-corrected chi connectivity index (χ2v) is 6.34. The van der Waals surface area contributed by atoms with Gasteiger partial charge in [0.2, 0.25) is 0 Å².